The maximum absolute atomic E-state index is 12.3. The van der Waals surface area contributed by atoms with Crippen molar-refractivity contribution in [2.24, 2.45) is 0 Å². The van der Waals surface area contributed by atoms with Crippen LogP contribution in [0.4, 0.5) is 11.4 Å². The van der Waals surface area contributed by atoms with Crippen LogP contribution in [0.1, 0.15) is 50.4 Å². The first kappa shape index (κ1) is 15.9. The normalized spacial score (nSPS) is 11.2. The molecule has 0 atom stereocenters. The molecule has 0 fully saturated rings. The standard InChI is InChI=1S/C14H21N3O3/c1-4-14(5-2,6-3)16-13(18)10-8-7-9-11(15)12(10)17(19)20/h7-9H,4-6,15H2,1-3H3,(H,16,18). The summed E-state index contributed by atoms with van der Waals surface area (Å²) in [4.78, 5) is 22.8. The van der Waals surface area contributed by atoms with Crippen LogP contribution in [0, 0.1) is 10.1 Å². The lowest BCUT2D eigenvalue weighted by atomic mass is 9.89. The highest BCUT2D eigenvalue weighted by molar-refractivity contribution is 6.00. The van der Waals surface area contributed by atoms with Gasteiger partial charge >= 0.3 is 5.69 Å². The Morgan fingerprint density at radius 3 is 2.30 bits per heavy atom. The van der Waals surface area contributed by atoms with E-state index in [1.807, 2.05) is 20.8 Å². The van der Waals surface area contributed by atoms with E-state index in [-0.39, 0.29) is 22.5 Å². The van der Waals surface area contributed by atoms with Gasteiger partial charge in [-0.05, 0) is 31.4 Å². The Labute approximate surface area is 118 Å². The SMILES string of the molecule is CCC(CC)(CC)NC(=O)c1cccc(N)c1[N+](=O)[O-]. The molecule has 3 N–H and O–H groups in total. The summed E-state index contributed by atoms with van der Waals surface area (Å²) in [7, 11) is 0. The molecule has 0 aliphatic rings. The third-order valence-electron chi connectivity index (χ3n) is 3.90. The number of benzene rings is 1. The first-order valence-corrected chi connectivity index (χ1v) is 6.76. The van der Waals surface area contributed by atoms with Crippen molar-refractivity contribution in [3.05, 3.63) is 33.9 Å². The van der Waals surface area contributed by atoms with Gasteiger partial charge in [0.05, 0.1) is 4.92 Å². The van der Waals surface area contributed by atoms with Crippen LogP contribution in [0.15, 0.2) is 18.2 Å². The second-order valence-corrected chi connectivity index (χ2v) is 4.80. The van der Waals surface area contributed by atoms with Gasteiger partial charge in [0.1, 0.15) is 11.3 Å². The number of carbonyl (C=O) groups is 1. The summed E-state index contributed by atoms with van der Waals surface area (Å²) in [5.74, 6) is -0.449. The van der Waals surface area contributed by atoms with E-state index < -0.39 is 10.8 Å². The van der Waals surface area contributed by atoms with Gasteiger partial charge in [-0.15, -0.1) is 0 Å². The second kappa shape index (κ2) is 6.36. The van der Waals surface area contributed by atoms with E-state index in [0.717, 1.165) is 19.3 Å². The summed E-state index contributed by atoms with van der Waals surface area (Å²) < 4.78 is 0. The van der Waals surface area contributed by atoms with Gasteiger partial charge in [0, 0.05) is 5.54 Å². The van der Waals surface area contributed by atoms with Crippen LogP contribution >= 0.6 is 0 Å². The molecule has 0 aliphatic carbocycles. The van der Waals surface area contributed by atoms with E-state index in [1.54, 1.807) is 6.07 Å². The molecular formula is C14H21N3O3. The molecule has 1 aromatic rings. The molecule has 1 aromatic carbocycles. The predicted octanol–water partition coefficient (Wildman–Crippen LogP) is 2.88. The van der Waals surface area contributed by atoms with Crippen LogP contribution in [0.5, 0.6) is 0 Å². The topological polar surface area (TPSA) is 98.3 Å². The van der Waals surface area contributed by atoms with Crippen molar-refractivity contribution in [2.45, 2.75) is 45.6 Å². The van der Waals surface area contributed by atoms with Crippen molar-refractivity contribution in [3.8, 4) is 0 Å². The molecule has 0 saturated carbocycles. The fourth-order valence-electron chi connectivity index (χ4n) is 2.27. The number of nitrogens with one attached hydrogen (secondary N) is 1. The molecule has 1 amide bonds. The van der Waals surface area contributed by atoms with Gasteiger partial charge in [0.25, 0.3) is 5.91 Å². The summed E-state index contributed by atoms with van der Waals surface area (Å²) >= 11 is 0. The van der Waals surface area contributed by atoms with Crippen molar-refractivity contribution in [1.29, 1.82) is 0 Å². The Balaban J connectivity index is 3.16. The average molecular weight is 279 g/mol. The number of hydrogen-bond donors (Lipinski definition) is 2. The van der Waals surface area contributed by atoms with Crippen LogP contribution in [0.3, 0.4) is 0 Å². The number of rotatable bonds is 6. The minimum Gasteiger partial charge on any atom is -0.393 e. The molecule has 0 saturated heterocycles. The molecule has 0 heterocycles. The van der Waals surface area contributed by atoms with Gasteiger partial charge in [-0.3, -0.25) is 14.9 Å². The fourth-order valence-corrected chi connectivity index (χ4v) is 2.27. The Hall–Kier alpha value is -2.11. The molecule has 0 spiro atoms. The number of nitro benzene ring substituents is 1. The van der Waals surface area contributed by atoms with Crippen LogP contribution in [0.2, 0.25) is 0 Å². The number of amides is 1. The summed E-state index contributed by atoms with van der Waals surface area (Å²) in [6.45, 7) is 5.96. The lowest BCUT2D eigenvalue weighted by Crippen LogP contribution is -2.47. The van der Waals surface area contributed by atoms with Crippen LogP contribution in [-0.4, -0.2) is 16.4 Å². The summed E-state index contributed by atoms with van der Waals surface area (Å²) in [6, 6.07) is 4.39. The van der Waals surface area contributed by atoms with Crippen LogP contribution < -0.4 is 11.1 Å². The zero-order valence-corrected chi connectivity index (χ0v) is 12.1. The number of hydrogen-bond acceptors (Lipinski definition) is 4. The van der Waals surface area contributed by atoms with Crippen molar-refractivity contribution in [2.75, 3.05) is 5.73 Å². The maximum Gasteiger partial charge on any atom is 0.304 e. The molecule has 0 bridgehead atoms. The van der Waals surface area contributed by atoms with E-state index in [2.05, 4.69) is 5.32 Å². The predicted molar refractivity (Wildman–Crippen MR) is 78.6 cm³/mol. The van der Waals surface area contributed by atoms with Crippen molar-refractivity contribution < 1.29 is 9.72 Å². The fraction of sp³-hybridized carbons (Fsp3) is 0.500. The number of carbonyl (C=O) groups excluding carboxylic acids is 1. The third kappa shape index (κ3) is 3.07. The van der Waals surface area contributed by atoms with E-state index >= 15 is 0 Å². The van der Waals surface area contributed by atoms with E-state index in [4.69, 9.17) is 5.73 Å². The van der Waals surface area contributed by atoms with Gasteiger partial charge < -0.3 is 11.1 Å². The minimum absolute atomic E-state index is 0.00209. The first-order valence-electron chi connectivity index (χ1n) is 6.76. The smallest absolute Gasteiger partial charge is 0.304 e. The van der Waals surface area contributed by atoms with E-state index in [0.29, 0.717) is 0 Å². The molecule has 6 heteroatoms. The quantitative estimate of drug-likeness (QED) is 0.475. The van der Waals surface area contributed by atoms with Crippen LogP contribution in [-0.2, 0) is 0 Å². The number of nitrogens with zero attached hydrogens (tertiary/aromatic N) is 1. The Bertz CT molecular complexity index is 502. The minimum atomic E-state index is -0.615. The molecule has 110 valence electrons. The molecule has 0 aromatic heterocycles. The second-order valence-electron chi connectivity index (χ2n) is 4.80. The number of anilines is 1. The highest BCUT2D eigenvalue weighted by Crippen LogP contribution is 2.27. The first-order chi connectivity index (χ1) is 9.40. The molecule has 0 radical (unpaired) electrons. The van der Waals surface area contributed by atoms with E-state index in [1.165, 1.54) is 12.1 Å². The zero-order valence-electron chi connectivity index (χ0n) is 12.1. The Morgan fingerprint density at radius 1 is 1.30 bits per heavy atom. The zero-order chi connectivity index (χ0) is 15.3. The van der Waals surface area contributed by atoms with E-state index in [9.17, 15) is 14.9 Å². The summed E-state index contributed by atoms with van der Waals surface area (Å²) in [5, 5.41) is 14.0. The highest BCUT2D eigenvalue weighted by Gasteiger charge is 2.30. The number of nitro groups is 1. The lowest BCUT2D eigenvalue weighted by molar-refractivity contribution is -0.384. The molecule has 0 unspecified atom stereocenters. The number of para-hydroxylation sites is 1. The summed E-state index contributed by atoms with van der Waals surface area (Å²) in [6.07, 6.45) is 2.30. The largest absolute Gasteiger partial charge is 0.393 e. The van der Waals surface area contributed by atoms with Gasteiger partial charge in [0.15, 0.2) is 0 Å². The average Bonchev–Trinajstić information content (AvgIpc) is 2.44. The molecule has 1 rings (SSSR count). The van der Waals surface area contributed by atoms with Gasteiger partial charge in [-0.25, -0.2) is 0 Å². The molecule has 6 nitrogen and oxygen atoms in total. The van der Waals surface area contributed by atoms with Crippen molar-refractivity contribution in [3.63, 3.8) is 0 Å². The highest BCUT2D eigenvalue weighted by atomic mass is 16.6. The van der Waals surface area contributed by atoms with Gasteiger partial charge in [-0.1, -0.05) is 26.8 Å². The lowest BCUT2D eigenvalue weighted by Gasteiger charge is -2.31. The molecular weight excluding hydrogens is 258 g/mol. The Morgan fingerprint density at radius 2 is 1.85 bits per heavy atom. The molecule has 20 heavy (non-hydrogen) atoms. The maximum atomic E-state index is 12.3. The number of nitrogens with two attached hydrogens (primary N) is 1. The van der Waals surface area contributed by atoms with Gasteiger partial charge in [0.2, 0.25) is 0 Å². The van der Waals surface area contributed by atoms with Crippen molar-refractivity contribution >= 4 is 17.3 Å². The van der Waals surface area contributed by atoms with Crippen molar-refractivity contribution in [1.82, 2.24) is 5.32 Å². The summed E-state index contributed by atoms with van der Waals surface area (Å²) in [5.41, 5.74) is 4.94. The monoisotopic (exact) mass is 279 g/mol. The van der Waals surface area contributed by atoms with Gasteiger partial charge in [-0.2, -0.15) is 0 Å². The molecule has 0 aliphatic heterocycles. The third-order valence-corrected chi connectivity index (χ3v) is 3.90. The Kier molecular flexibility index (Phi) is 5.07. The van der Waals surface area contributed by atoms with Crippen LogP contribution in [0.25, 0.3) is 0 Å². The number of nitrogen functional groups attached to an aromatic ring is 1.